The first kappa shape index (κ1) is 62.7. The van der Waals surface area contributed by atoms with Gasteiger partial charge in [0, 0.05) is 105 Å². The number of ether oxygens (including phenoxy) is 4. The number of fused-ring (bicyclic) bond motifs is 1. The molecule has 4 heterocycles. The van der Waals surface area contributed by atoms with E-state index in [0.717, 1.165) is 51.9 Å². The molecule has 0 radical (unpaired) electrons. The molecule has 1 unspecified atom stereocenters. The number of thiazole rings is 1. The van der Waals surface area contributed by atoms with Gasteiger partial charge in [-0.25, -0.2) is 13.8 Å². The van der Waals surface area contributed by atoms with E-state index in [1.54, 1.807) is 17.4 Å². The third-order valence-corrected chi connectivity index (χ3v) is 17.5. The Morgan fingerprint density at radius 1 is 0.788 bits per heavy atom. The maximum absolute atomic E-state index is 14.2. The number of aliphatic hydroxyl groups is 1. The number of anilines is 3. The standard InChI is InChI=1S/C65H79F2N7O10S/c1-41-62(85-40-68-41)45-9-5-42(6-10-45)8-14-59(77)53-37-51(76)38-54(53)61(79)56(65(2,3)4)39-50(75)17-25-82-27-29-84-30-28-83-26-18-60(78)74-21-19-73(20-22-74)49-11-12-52(58(36-49)69-48-15-23-81-24-16-48)64(80)70-63-55-34-43(7-13-57(55)71-72-63)31-44-32-46(66)35-47(67)33-44/h5-7,9-13,32-36,40,48,51,53-54,56,69,76H,8,14-31,37-39H2,1-4H3,(H2,70,71,72,80)/t51-,53-,54?,56-/m1/s1. The van der Waals surface area contributed by atoms with Gasteiger partial charge in [0.25, 0.3) is 5.91 Å². The number of benzene rings is 4. The Morgan fingerprint density at radius 3 is 2.14 bits per heavy atom. The van der Waals surface area contributed by atoms with E-state index >= 15 is 0 Å². The fourth-order valence-electron chi connectivity index (χ4n) is 11.7. The SMILES string of the molecule is Cc1ncsc1-c1ccc(CCC(=O)[C@@H]2C[C@@H](O)CC2C(=O)[C@@H](CC(=O)CCOCCOCCOCCC(=O)N2CCN(c3ccc(C(=O)Nc4n[nH]c5ccc(Cc6cc(F)cc(F)c6)cc45)c(NC4CCOCC4)c3)CC2)C(C)(C)C)cc1. The van der Waals surface area contributed by atoms with Gasteiger partial charge in [-0.3, -0.25) is 29.1 Å². The normalized spacial score (nSPS) is 18.0. The number of piperazine rings is 1. The fourth-order valence-corrected chi connectivity index (χ4v) is 12.5. The van der Waals surface area contributed by atoms with E-state index in [-0.39, 0.29) is 100.0 Å². The van der Waals surface area contributed by atoms with E-state index in [0.29, 0.717) is 99.2 Å². The molecule has 9 rings (SSSR count). The summed E-state index contributed by atoms with van der Waals surface area (Å²) < 4.78 is 50.6. The lowest BCUT2D eigenvalue weighted by Crippen LogP contribution is -2.49. The summed E-state index contributed by atoms with van der Waals surface area (Å²) in [5, 5.41) is 25.3. The molecule has 85 heavy (non-hydrogen) atoms. The maximum Gasteiger partial charge on any atom is 0.258 e. The van der Waals surface area contributed by atoms with E-state index < -0.39 is 40.9 Å². The molecule has 0 bridgehead atoms. The zero-order chi connectivity index (χ0) is 60.0. The number of aryl methyl sites for hydroxylation is 2. The van der Waals surface area contributed by atoms with Crippen molar-refractivity contribution in [2.75, 3.05) is 94.6 Å². The lowest BCUT2D eigenvalue weighted by molar-refractivity contribution is -0.138. The van der Waals surface area contributed by atoms with Crippen molar-refractivity contribution in [1.82, 2.24) is 20.1 Å². The van der Waals surface area contributed by atoms with Crippen LogP contribution in [-0.2, 0) is 51.0 Å². The lowest BCUT2D eigenvalue weighted by Gasteiger charge is -2.36. The van der Waals surface area contributed by atoms with Crippen LogP contribution in [0.3, 0.4) is 0 Å². The first-order valence-electron chi connectivity index (χ1n) is 29.7. The van der Waals surface area contributed by atoms with Gasteiger partial charge in [-0.15, -0.1) is 11.3 Å². The monoisotopic (exact) mass is 1190 g/mol. The van der Waals surface area contributed by atoms with Crippen LogP contribution in [0.5, 0.6) is 0 Å². The van der Waals surface area contributed by atoms with Crippen LogP contribution >= 0.6 is 11.3 Å². The maximum atomic E-state index is 14.2. The molecule has 17 nitrogen and oxygen atoms in total. The van der Waals surface area contributed by atoms with E-state index in [2.05, 4.69) is 30.7 Å². The number of aliphatic hydroxyl groups excluding tert-OH is 1. The van der Waals surface area contributed by atoms with Gasteiger partial charge >= 0.3 is 0 Å². The number of aromatic amines is 1. The average Bonchev–Trinajstić information content (AvgIpc) is 4.44. The molecule has 0 spiro atoms. The summed E-state index contributed by atoms with van der Waals surface area (Å²) in [6, 6.07) is 22.9. The Morgan fingerprint density at radius 2 is 1.46 bits per heavy atom. The van der Waals surface area contributed by atoms with Crippen molar-refractivity contribution in [3.63, 3.8) is 0 Å². The van der Waals surface area contributed by atoms with Crippen molar-refractivity contribution < 1.29 is 56.8 Å². The second-order valence-electron chi connectivity index (χ2n) is 23.7. The minimum atomic E-state index is -0.743. The predicted molar refractivity (Wildman–Crippen MR) is 323 cm³/mol. The third kappa shape index (κ3) is 17.2. The van der Waals surface area contributed by atoms with E-state index in [4.69, 9.17) is 18.9 Å². The number of halogens is 2. The third-order valence-electron chi connectivity index (χ3n) is 16.5. The minimum absolute atomic E-state index is 0.000186. The smallest absolute Gasteiger partial charge is 0.258 e. The zero-order valence-corrected chi connectivity index (χ0v) is 49.9. The molecule has 4 atom stereocenters. The fraction of sp³-hybridized carbons (Fsp3) is 0.492. The number of Topliss-reactive ketones (excluding diaryl/α,β-unsaturated/α-hetero) is 3. The van der Waals surface area contributed by atoms with Gasteiger partial charge in [0.1, 0.15) is 29.0 Å². The van der Waals surface area contributed by atoms with Crippen molar-refractivity contribution in [3.8, 4) is 10.4 Å². The summed E-state index contributed by atoms with van der Waals surface area (Å²) >= 11 is 1.59. The van der Waals surface area contributed by atoms with Gasteiger partial charge in [0.05, 0.1) is 79.3 Å². The number of aromatic nitrogens is 3. The highest BCUT2D eigenvalue weighted by Crippen LogP contribution is 2.41. The summed E-state index contributed by atoms with van der Waals surface area (Å²) in [5.41, 5.74) is 8.39. The summed E-state index contributed by atoms with van der Waals surface area (Å²) in [6.07, 6.45) is 2.80. The Hall–Kier alpha value is -6.81. The molecule has 2 aliphatic heterocycles. The molecule has 454 valence electrons. The number of H-pyrrole nitrogens is 1. The molecule has 3 aliphatic rings. The Bertz CT molecular complexity index is 3240. The lowest BCUT2D eigenvalue weighted by atomic mass is 9.70. The van der Waals surface area contributed by atoms with E-state index in [1.807, 2.05) is 92.7 Å². The largest absolute Gasteiger partial charge is 0.393 e. The molecular formula is C65H79F2N7O10S. The van der Waals surface area contributed by atoms with Crippen LogP contribution in [0.2, 0.25) is 0 Å². The summed E-state index contributed by atoms with van der Waals surface area (Å²) in [5.74, 6) is -3.38. The molecule has 2 amide bonds. The van der Waals surface area contributed by atoms with Crippen LogP contribution in [0.4, 0.5) is 26.0 Å². The highest BCUT2D eigenvalue weighted by atomic mass is 32.1. The van der Waals surface area contributed by atoms with Crippen LogP contribution in [-0.4, -0.2) is 146 Å². The molecule has 2 saturated heterocycles. The van der Waals surface area contributed by atoms with Crippen LogP contribution in [0.1, 0.15) is 105 Å². The van der Waals surface area contributed by atoms with Crippen LogP contribution in [0, 0.1) is 41.7 Å². The van der Waals surface area contributed by atoms with Crippen molar-refractivity contribution in [1.29, 1.82) is 0 Å². The number of carbonyl (C=O) groups is 5. The molecular weight excluding hydrogens is 1110 g/mol. The Kier molecular flexibility index (Phi) is 21.8. The number of nitrogens with zero attached hydrogens (tertiary/aromatic N) is 4. The van der Waals surface area contributed by atoms with Gasteiger partial charge in [-0.05, 0) is 116 Å². The molecule has 20 heteroatoms. The number of ketones is 3. The predicted octanol–water partition coefficient (Wildman–Crippen LogP) is 9.97. The first-order chi connectivity index (χ1) is 40.9. The number of nitrogens with one attached hydrogen (secondary N) is 3. The second-order valence-corrected chi connectivity index (χ2v) is 24.5. The average molecular weight is 1190 g/mol. The quantitative estimate of drug-likeness (QED) is 0.0337. The highest BCUT2D eigenvalue weighted by molar-refractivity contribution is 7.13. The molecule has 3 fully saturated rings. The van der Waals surface area contributed by atoms with Gasteiger partial charge in [-0.1, -0.05) is 51.1 Å². The Balaban J connectivity index is 0.654. The van der Waals surface area contributed by atoms with Crippen molar-refractivity contribution in [2.45, 2.75) is 104 Å². The first-order valence-corrected chi connectivity index (χ1v) is 30.6. The zero-order valence-electron chi connectivity index (χ0n) is 49.1. The van der Waals surface area contributed by atoms with E-state index in [9.17, 15) is 37.9 Å². The van der Waals surface area contributed by atoms with Gasteiger partial charge in [-0.2, -0.15) is 5.10 Å². The molecule has 4 N–H and O–H groups in total. The molecule has 2 aromatic heterocycles. The van der Waals surface area contributed by atoms with Crippen molar-refractivity contribution in [3.05, 3.63) is 124 Å². The highest BCUT2D eigenvalue weighted by Gasteiger charge is 2.46. The minimum Gasteiger partial charge on any atom is -0.393 e. The molecule has 1 saturated carbocycles. The van der Waals surface area contributed by atoms with E-state index in [1.165, 1.54) is 12.1 Å². The molecule has 4 aromatic carbocycles. The van der Waals surface area contributed by atoms with Crippen LogP contribution in [0.25, 0.3) is 21.3 Å². The number of amides is 2. The van der Waals surface area contributed by atoms with Gasteiger partial charge < -0.3 is 44.5 Å². The van der Waals surface area contributed by atoms with Crippen molar-refractivity contribution >= 4 is 68.6 Å². The topological polar surface area (TPSA) is 215 Å². The number of hydrogen-bond acceptors (Lipinski definition) is 15. The van der Waals surface area contributed by atoms with Crippen LogP contribution < -0.4 is 15.5 Å². The number of carbonyl (C=O) groups excluding carboxylic acids is 5. The Labute approximate surface area is 499 Å². The summed E-state index contributed by atoms with van der Waals surface area (Å²) in [4.78, 5) is 77.9. The summed E-state index contributed by atoms with van der Waals surface area (Å²) in [6.45, 7) is 12.9. The number of rotatable bonds is 28. The summed E-state index contributed by atoms with van der Waals surface area (Å²) in [7, 11) is 0. The molecule has 1 aliphatic carbocycles. The number of hydrogen-bond donors (Lipinski definition) is 4. The second kappa shape index (κ2) is 29.5. The van der Waals surface area contributed by atoms with Gasteiger partial charge in [0.2, 0.25) is 5.91 Å². The van der Waals surface area contributed by atoms with Crippen LogP contribution in [0.15, 0.2) is 84.4 Å². The molecule has 6 aromatic rings. The van der Waals surface area contributed by atoms with Crippen molar-refractivity contribution in [2.24, 2.45) is 23.2 Å². The van der Waals surface area contributed by atoms with Gasteiger partial charge in [0.15, 0.2) is 5.82 Å².